The van der Waals surface area contributed by atoms with Gasteiger partial charge in [-0.25, -0.2) is 4.79 Å². The third-order valence-electron chi connectivity index (χ3n) is 2.76. The molecule has 0 aliphatic heterocycles. The van der Waals surface area contributed by atoms with Crippen molar-refractivity contribution in [3.63, 3.8) is 0 Å². The van der Waals surface area contributed by atoms with Crippen molar-refractivity contribution in [1.29, 1.82) is 0 Å². The second-order valence-corrected chi connectivity index (χ2v) is 6.68. The van der Waals surface area contributed by atoms with E-state index in [9.17, 15) is 14.4 Å². The van der Waals surface area contributed by atoms with E-state index in [1.54, 1.807) is 17.5 Å². The average molecular weight is 338 g/mol. The smallest absolute Gasteiger partial charge is 0.349 e. The van der Waals surface area contributed by atoms with Gasteiger partial charge in [0.25, 0.3) is 11.8 Å². The van der Waals surface area contributed by atoms with E-state index in [1.807, 2.05) is 6.92 Å². The molecule has 116 valence electrons. The minimum atomic E-state index is -0.988. The van der Waals surface area contributed by atoms with Crippen molar-refractivity contribution in [2.45, 2.75) is 20.0 Å². The topological polar surface area (TPSA) is 98.5 Å². The SMILES string of the molecule is Cc1ccc(C(=O)OC(C)C(=O)Nc2sccc2C(N)=O)s1. The summed E-state index contributed by atoms with van der Waals surface area (Å²) in [6.45, 7) is 3.34. The summed E-state index contributed by atoms with van der Waals surface area (Å²) in [6.07, 6.45) is -0.988. The lowest BCUT2D eigenvalue weighted by Gasteiger charge is -2.12. The highest BCUT2D eigenvalue weighted by Crippen LogP contribution is 2.23. The zero-order valence-corrected chi connectivity index (χ0v) is 13.5. The van der Waals surface area contributed by atoms with Gasteiger partial charge in [0.2, 0.25) is 0 Å². The predicted molar refractivity (Wildman–Crippen MR) is 85.4 cm³/mol. The number of hydrogen-bond acceptors (Lipinski definition) is 6. The lowest BCUT2D eigenvalue weighted by Crippen LogP contribution is -2.30. The molecule has 2 rings (SSSR count). The second-order valence-electron chi connectivity index (χ2n) is 4.47. The Labute approximate surface area is 134 Å². The van der Waals surface area contributed by atoms with Gasteiger partial charge in [-0.05, 0) is 37.4 Å². The molecule has 22 heavy (non-hydrogen) atoms. The van der Waals surface area contributed by atoms with Crippen LogP contribution in [0.5, 0.6) is 0 Å². The maximum absolute atomic E-state index is 12.0. The Hall–Kier alpha value is -2.19. The van der Waals surface area contributed by atoms with E-state index in [-0.39, 0.29) is 5.56 Å². The molecule has 0 saturated heterocycles. The van der Waals surface area contributed by atoms with Crippen LogP contribution in [-0.2, 0) is 9.53 Å². The molecule has 0 aliphatic rings. The molecule has 0 fully saturated rings. The highest BCUT2D eigenvalue weighted by atomic mass is 32.1. The monoisotopic (exact) mass is 338 g/mol. The Morgan fingerprint density at radius 1 is 1.27 bits per heavy atom. The molecule has 0 radical (unpaired) electrons. The van der Waals surface area contributed by atoms with Gasteiger partial charge in [-0.1, -0.05) is 0 Å². The molecule has 2 heterocycles. The normalized spacial score (nSPS) is 11.7. The first-order valence-electron chi connectivity index (χ1n) is 6.34. The van der Waals surface area contributed by atoms with E-state index >= 15 is 0 Å². The average Bonchev–Trinajstić information content (AvgIpc) is 3.07. The molecule has 2 amide bonds. The maximum atomic E-state index is 12.0. The van der Waals surface area contributed by atoms with E-state index in [2.05, 4.69) is 5.32 Å². The summed E-state index contributed by atoms with van der Waals surface area (Å²) in [5.74, 6) is -1.70. The van der Waals surface area contributed by atoms with Crippen molar-refractivity contribution in [3.8, 4) is 0 Å². The zero-order chi connectivity index (χ0) is 16.3. The summed E-state index contributed by atoms with van der Waals surface area (Å²) in [5.41, 5.74) is 5.43. The van der Waals surface area contributed by atoms with Crippen molar-refractivity contribution < 1.29 is 19.1 Å². The largest absolute Gasteiger partial charge is 0.448 e. The zero-order valence-electron chi connectivity index (χ0n) is 11.9. The highest BCUT2D eigenvalue weighted by Gasteiger charge is 2.21. The van der Waals surface area contributed by atoms with Gasteiger partial charge in [0.15, 0.2) is 6.10 Å². The van der Waals surface area contributed by atoms with E-state index < -0.39 is 23.9 Å². The Balaban J connectivity index is 1.99. The van der Waals surface area contributed by atoms with Crippen LogP contribution in [-0.4, -0.2) is 23.9 Å². The fraction of sp³-hybridized carbons (Fsp3) is 0.214. The molecule has 0 bridgehead atoms. The number of primary amides is 1. The molecule has 3 N–H and O–H groups in total. The Kier molecular flexibility index (Phi) is 4.94. The standard InChI is InChI=1S/C14H14N2O4S2/c1-7-3-4-10(22-7)14(19)20-8(2)12(18)16-13-9(11(15)17)5-6-21-13/h3-6,8H,1-2H3,(H2,15,17)(H,16,18). The molecular formula is C14H14N2O4S2. The number of ether oxygens (including phenoxy) is 1. The molecule has 0 saturated carbocycles. The summed E-state index contributed by atoms with van der Waals surface area (Å²) < 4.78 is 5.11. The lowest BCUT2D eigenvalue weighted by molar-refractivity contribution is -0.123. The molecule has 1 unspecified atom stereocenters. The quantitative estimate of drug-likeness (QED) is 0.818. The lowest BCUT2D eigenvalue weighted by atomic mass is 10.3. The number of esters is 1. The number of anilines is 1. The summed E-state index contributed by atoms with van der Waals surface area (Å²) in [7, 11) is 0. The molecule has 0 aliphatic carbocycles. The molecule has 2 aromatic heterocycles. The number of aryl methyl sites for hydroxylation is 1. The number of rotatable bonds is 5. The van der Waals surface area contributed by atoms with Crippen LogP contribution < -0.4 is 11.1 Å². The Morgan fingerprint density at radius 3 is 2.59 bits per heavy atom. The number of carbonyl (C=O) groups is 3. The maximum Gasteiger partial charge on any atom is 0.349 e. The first-order chi connectivity index (χ1) is 10.4. The van der Waals surface area contributed by atoms with Crippen molar-refractivity contribution in [1.82, 2.24) is 0 Å². The highest BCUT2D eigenvalue weighted by molar-refractivity contribution is 7.14. The van der Waals surface area contributed by atoms with Crippen LogP contribution >= 0.6 is 22.7 Å². The van der Waals surface area contributed by atoms with Gasteiger partial charge in [0.05, 0.1) is 5.56 Å². The van der Waals surface area contributed by atoms with Gasteiger partial charge in [-0.2, -0.15) is 0 Å². The molecule has 6 nitrogen and oxygen atoms in total. The van der Waals surface area contributed by atoms with Crippen LogP contribution in [0.25, 0.3) is 0 Å². The summed E-state index contributed by atoms with van der Waals surface area (Å²) >= 11 is 2.47. The molecular weight excluding hydrogens is 324 g/mol. The van der Waals surface area contributed by atoms with Crippen LogP contribution in [0.3, 0.4) is 0 Å². The number of hydrogen-bond donors (Lipinski definition) is 2. The molecule has 0 aromatic carbocycles. The van der Waals surface area contributed by atoms with Crippen LogP contribution in [0.1, 0.15) is 31.8 Å². The van der Waals surface area contributed by atoms with E-state index in [1.165, 1.54) is 35.7 Å². The van der Waals surface area contributed by atoms with Crippen molar-refractivity contribution in [2.75, 3.05) is 5.32 Å². The fourth-order valence-corrected chi connectivity index (χ4v) is 3.18. The Morgan fingerprint density at radius 2 is 2.00 bits per heavy atom. The van der Waals surface area contributed by atoms with Gasteiger partial charge in [-0.3, -0.25) is 9.59 Å². The number of thiophene rings is 2. The van der Waals surface area contributed by atoms with E-state index in [4.69, 9.17) is 10.5 Å². The summed E-state index contributed by atoms with van der Waals surface area (Å²) in [6, 6.07) is 4.97. The van der Waals surface area contributed by atoms with Crippen LogP contribution in [0.2, 0.25) is 0 Å². The van der Waals surface area contributed by atoms with Gasteiger partial charge < -0.3 is 15.8 Å². The first kappa shape index (κ1) is 16.2. The van der Waals surface area contributed by atoms with Gasteiger partial charge in [-0.15, -0.1) is 22.7 Å². The molecule has 0 spiro atoms. The van der Waals surface area contributed by atoms with Crippen molar-refractivity contribution >= 4 is 45.5 Å². The first-order valence-corrected chi connectivity index (χ1v) is 8.03. The van der Waals surface area contributed by atoms with Crippen LogP contribution in [0, 0.1) is 6.92 Å². The minimum Gasteiger partial charge on any atom is -0.448 e. The Bertz CT molecular complexity index is 720. The van der Waals surface area contributed by atoms with Crippen LogP contribution in [0.15, 0.2) is 23.6 Å². The van der Waals surface area contributed by atoms with Crippen molar-refractivity contribution in [3.05, 3.63) is 38.9 Å². The number of carbonyl (C=O) groups excluding carboxylic acids is 3. The number of nitrogens with one attached hydrogen (secondary N) is 1. The van der Waals surface area contributed by atoms with Crippen molar-refractivity contribution in [2.24, 2.45) is 5.73 Å². The third kappa shape index (κ3) is 3.71. The van der Waals surface area contributed by atoms with Gasteiger partial charge in [0, 0.05) is 4.88 Å². The summed E-state index contributed by atoms with van der Waals surface area (Å²) in [4.78, 5) is 36.5. The third-order valence-corrected chi connectivity index (χ3v) is 4.57. The molecule has 2 aromatic rings. The van der Waals surface area contributed by atoms with Gasteiger partial charge >= 0.3 is 5.97 Å². The second kappa shape index (κ2) is 6.71. The summed E-state index contributed by atoms with van der Waals surface area (Å²) in [5, 5.41) is 4.52. The fourth-order valence-electron chi connectivity index (χ4n) is 1.63. The van der Waals surface area contributed by atoms with E-state index in [0.717, 1.165) is 4.88 Å². The molecule has 1 atom stereocenters. The van der Waals surface area contributed by atoms with Crippen LogP contribution in [0.4, 0.5) is 5.00 Å². The predicted octanol–water partition coefficient (Wildman–Crippen LogP) is 2.40. The number of nitrogens with two attached hydrogens (primary N) is 1. The van der Waals surface area contributed by atoms with E-state index in [0.29, 0.717) is 9.88 Å². The van der Waals surface area contributed by atoms with Gasteiger partial charge in [0.1, 0.15) is 9.88 Å². The minimum absolute atomic E-state index is 0.228. The number of amides is 2. The molecule has 8 heteroatoms.